The van der Waals surface area contributed by atoms with Gasteiger partial charge in [-0.25, -0.2) is 0 Å². The summed E-state index contributed by atoms with van der Waals surface area (Å²) in [5.74, 6) is 0.258. The van der Waals surface area contributed by atoms with Crippen molar-refractivity contribution in [2.45, 2.75) is 65.2 Å². The third kappa shape index (κ3) is 3.09. The van der Waals surface area contributed by atoms with Crippen LogP contribution in [0.2, 0.25) is 0 Å². The number of nitrogens with zero attached hydrogens (tertiary/aromatic N) is 3. The van der Waals surface area contributed by atoms with Gasteiger partial charge in [-0.2, -0.15) is 0 Å². The molecule has 26 heavy (non-hydrogen) atoms. The van der Waals surface area contributed by atoms with Gasteiger partial charge in [-0.15, -0.1) is 15.0 Å². The Bertz CT molecular complexity index is 938. The number of phenolic OH excluding ortho intramolecular Hbond substituents is 1. The van der Waals surface area contributed by atoms with Gasteiger partial charge in [-0.1, -0.05) is 59.7 Å². The monoisotopic (exact) mass is 351 g/mol. The molecule has 1 N–H and O–H groups in total. The molecule has 0 saturated heterocycles. The molecular weight excluding hydrogens is 322 g/mol. The van der Waals surface area contributed by atoms with E-state index in [1.54, 1.807) is 4.80 Å². The molecule has 0 bridgehead atoms. The van der Waals surface area contributed by atoms with Crippen molar-refractivity contribution in [1.82, 2.24) is 15.0 Å². The molecule has 0 saturated carbocycles. The number of benzene rings is 2. The summed E-state index contributed by atoms with van der Waals surface area (Å²) in [5.41, 5.74) is 4.48. The zero-order chi connectivity index (χ0) is 19.1. The standard InChI is InChI=1S/C22H29N3O/c1-7-21(3,4)15-12-13-17-18(14-15)24-25(23-17)19-11-9-10-16(20(19)26)22(5,6)8-2/h9-14,26H,7-8H2,1-6H3. The maximum absolute atomic E-state index is 10.9. The van der Waals surface area contributed by atoms with Crippen molar-refractivity contribution in [2.24, 2.45) is 0 Å². The highest BCUT2D eigenvalue weighted by Gasteiger charge is 2.24. The summed E-state index contributed by atoms with van der Waals surface area (Å²) in [5, 5.41) is 20.1. The highest BCUT2D eigenvalue weighted by atomic mass is 16.3. The molecule has 3 aromatic rings. The molecule has 0 aliphatic carbocycles. The van der Waals surface area contributed by atoms with Gasteiger partial charge in [-0.3, -0.25) is 0 Å². The molecule has 138 valence electrons. The molecule has 0 fully saturated rings. The molecule has 0 spiro atoms. The predicted octanol–water partition coefficient (Wildman–Crippen LogP) is 5.50. The smallest absolute Gasteiger partial charge is 0.146 e. The average Bonchev–Trinajstić information content (AvgIpc) is 3.04. The first-order chi connectivity index (χ1) is 12.2. The normalized spacial score (nSPS) is 12.7. The number of aromatic nitrogens is 3. The van der Waals surface area contributed by atoms with Gasteiger partial charge in [0.1, 0.15) is 22.5 Å². The van der Waals surface area contributed by atoms with Crippen LogP contribution in [0.4, 0.5) is 0 Å². The SMILES string of the molecule is CCC(C)(C)c1ccc2nn(-c3cccc(C(C)(C)CC)c3O)nc2c1. The molecule has 3 rings (SSSR count). The summed E-state index contributed by atoms with van der Waals surface area (Å²) in [4.78, 5) is 1.55. The zero-order valence-corrected chi connectivity index (χ0v) is 16.7. The second-order valence-corrected chi connectivity index (χ2v) is 8.34. The minimum absolute atomic E-state index is 0.102. The summed E-state index contributed by atoms with van der Waals surface area (Å²) < 4.78 is 0. The second-order valence-electron chi connectivity index (χ2n) is 8.34. The van der Waals surface area contributed by atoms with E-state index in [2.05, 4.69) is 63.9 Å². The lowest BCUT2D eigenvalue weighted by atomic mass is 9.81. The van der Waals surface area contributed by atoms with E-state index in [1.807, 2.05) is 24.3 Å². The Morgan fingerprint density at radius 2 is 1.54 bits per heavy atom. The average molecular weight is 351 g/mol. The molecule has 4 heteroatoms. The van der Waals surface area contributed by atoms with Gasteiger partial charge in [0.25, 0.3) is 0 Å². The largest absolute Gasteiger partial charge is 0.505 e. The molecule has 0 unspecified atom stereocenters. The number of para-hydroxylation sites is 1. The van der Waals surface area contributed by atoms with Crippen LogP contribution in [-0.2, 0) is 10.8 Å². The van der Waals surface area contributed by atoms with E-state index < -0.39 is 0 Å². The maximum Gasteiger partial charge on any atom is 0.146 e. The van der Waals surface area contributed by atoms with Crippen molar-refractivity contribution in [3.63, 3.8) is 0 Å². The molecule has 1 heterocycles. The van der Waals surface area contributed by atoms with Gasteiger partial charge in [0.05, 0.1) is 0 Å². The molecule has 1 aromatic heterocycles. The Morgan fingerprint density at radius 3 is 2.19 bits per heavy atom. The molecule has 0 aliphatic rings. The van der Waals surface area contributed by atoms with Crippen molar-refractivity contribution in [3.8, 4) is 11.4 Å². The Labute approximate surface area is 155 Å². The van der Waals surface area contributed by atoms with Crippen molar-refractivity contribution in [1.29, 1.82) is 0 Å². The second kappa shape index (κ2) is 6.42. The molecule has 0 atom stereocenters. The van der Waals surface area contributed by atoms with E-state index in [-0.39, 0.29) is 16.6 Å². The molecule has 0 aliphatic heterocycles. The van der Waals surface area contributed by atoms with Crippen molar-refractivity contribution in [3.05, 3.63) is 47.5 Å². The zero-order valence-electron chi connectivity index (χ0n) is 16.7. The minimum atomic E-state index is -0.106. The predicted molar refractivity (Wildman–Crippen MR) is 107 cm³/mol. The minimum Gasteiger partial charge on any atom is -0.505 e. The van der Waals surface area contributed by atoms with Gasteiger partial charge in [-0.05, 0) is 47.4 Å². The van der Waals surface area contributed by atoms with E-state index in [4.69, 9.17) is 0 Å². The summed E-state index contributed by atoms with van der Waals surface area (Å²) in [6, 6.07) is 12.1. The van der Waals surface area contributed by atoms with Crippen LogP contribution in [0.5, 0.6) is 5.75 Å². The van der Waals surface area contributed by atoms with Gasteiger partial charge >= 0.3 is 0 Å². The first kappa shape index (κ1) is 18.4. The van der Waals surface area contributed by atoms with Crippen molar-refractivity contribution in [2.75, 3.05) is 0 Å². The molecule has 4 nitrogen and oxygen atoms in total. The van der Waals surface area contributed by atoms with Crippen LogP contribution in [-0.4, -0.2) is 20.1 Å². The Kier molecular flexibility index (Phi) is 4.55. The van der Waals surface area contributed by atoms with Gasteiger partial charge in [0.2, 0.25) is 0 Å². The van der Waals surface area contributed by atoms with Gasteiger partial charge in [0, 0.05) is 5.56 Å². The number of phenols is 1. The molecule has 0 radical (unpaired) electrons. The van der Waals surface area contributed by atoms with E-state index in [9.17, 15) is 5.11 Å². The number of fused-ring (bicyclic) bond motifs is 1. The third-order valence-electron chi connectivity index (χ3n) is 5.89. The first-order valence-corrected chi connectivity index (χ1v) is 9.40. The Balaban J connectivity index is 2.11. The van der Waals surface area contributed by atoms with Crippen molar-refractivity contribution < 1.29 is 5.11 Å². The quantitative estimate of drug-likeness (QED) is 0.660. The molecular formula is C22H29N3O. The summed E-state index contributed by atoms with van der Waals surface area (Å²) in [6.07, 6.45) is 2.00. The number of aromatic hydroxyl groups is 1. The Morgan fingerprint density at radius 1 is 0.885 bits per heavy atom. The van der Waals surface area contributed by atoms with E-state index in [0.717, 1.165) is 29.4 Å². The maximum atomic E-state index is 10.9. The van der Waals surface area contributed by atoms with Crippen LogP contribution in [0.15, 0.2) is 36.4 Å². The fraction of sp³-hybridized carbons (Fsp3) is 0.455. The molecule has 0 amide bonds. The van der Waals surface area contributed by atoms with Crippen LogP contribution in [0, 0.1) is 0 Å². The fourth-order valence-corrected chi connectivity index (χ4v) is 3.08. The first-order valence-electron chi connectivity index (χ1n) is 9.40. The van der Waals surface area contributed by atoms with Crippen LogP contribution < -0.4 is 0 Å². The number of hydrogen-bond acceptors (Lipinski definition) is 3. The number of rotatable bonds is 5. The van der Waals surface area contributed by atoms with E-state index in [1.165, 1.54) is 5.56 Å². The lowest BCUT2D eigenvalue weighted by Gasteiger charge is -2.25. The Hall–Kier alpha value is -2.36. The van der Waals surface area contributed by atoms with E-state index >= 15 is 0 Å². The van der Waals surface area contributed by atoms with Crippen molar-refractivity contribution >= 4 is 11.0 Å². The highest BCUT2D eigenvalue weighted by molar-refractivity contribution is 5.75. The fourth-order valence-electron chi connectivity index (χ4n) is 3.08. The molecule has 2 aromatic carbocycles. The van der Waals surface area contributed by atoms with Crippen LogP contribution in [0.3, 0.4) is 0 Å². The van der Waals surface area contributed by atoms with Crippen LogP contribution in [0.25, 0.3) is 16.7 Å². The van der Waals surface area contributed by atoms with Gasteiger partial charge in [0.15, 0.2) is 0 Å². The summed E-state index contributed by atoms with van der Waals surface area (Å²) in [6.45, 7) is 13.1. The van der Waals surface area contributed by atoms with Crippen LogP contribution in [0.1, 0.15) is 65.5 Å². The highest BCUT2D eigenvalue weighted by Crippen LogP contribution is 2.37. The topological polar surface area (TPSA) is 50.9 Å². The summed E-state index contributed by atoms with van der Waals surface area (Å²) >= 11 is 0. The van der Waals surface area contributed by atoms with Gasteiger partial charge < -0.3 is 5.11 Å². The lowest BCUT2D eigenvalue weighted by Crippen LogP contribution is -2.16. The summed E-state index contributed by atoms with van der Waals surface area (Å²) in [7, 11) is 0. The number of hydrogen-bond donors (Lipinski definition) is 1. The van der Waals surface area contributed by atoms with E-state index in [0.29, 0.717) is 5.69 Å². The lowest BCUT2D eigenvalue weighted by molar-refractivity contribution is 0.424. The third-order valence-corrected chi connectivity index (χ3v) is 5.89. The van der Waals surface area contributed by atoms with Crippen LogP contribution >= 0.6 is 0 Å².